The maximum Gasteiger partial charge on any atom is 0.140 e. The molecule has 0 N–H and O–H groups in total. The molecule has 0 aliphatic heterocycles. The van der Waals surface area contributed by atoms with Gasteiger partial charge in [-0.2, -0.15) is 0 Å². The van der Waals surface area contributed by atoms with E-state index in [1.807, 2.05) is 30.3 Å². The number of carbonyl (C=O) groups excluding carboxylic acids is 1. The molecular weight excluding hydrogens is 292 g/mol. The molecule has 2 aliphatic rings. The summed E-state index contributed by atoms with van der Waals surface area (Å²) >= 11 is 0. The first-order chi connectivity index (χ1) is 10.5. The molecule has 0 saturated heterocycles. The molecule has 118 valence electrons. The number of benzene rings is 1. The number of hydrogen-bond acceptors (Lipinski definition) is 2. The summed E-state index contributed by atoms with van der Waals surface area (Å²) in [5.41, 5.74) is 2.38. The highest BCUT2D eigenvalue weighted by Crippen LogP contribution is 2.50. The molecule has 0 radical (unpaired) electrons. The van der Waals surface area contributed by atoms with E-state index in [0.717, 1.165) is 30.6 Å². The third-order valence-electron chi connectivity index (χ3n) is 5.55. The largest absolute Gasteiger partial charge is 0.299 e. The van der Waals surface area contributed by atoms with Gasteiger partial charge in [-0.25, -0.2) is 0 Å². The summed E-state index contributed by atoms with van der Waals surface area (Å²) in [5, 5.41) is 0. The van der Waals surface area contributed by atoms with Gasteiger partial charge in [0, 0.05) is 22.5 Å². The van der Waals surface area contributed by atoms with Gasteiger partial charge in [0.2, 0.25) is 0 Å². The number of allylic oxidation sites excluding steroid dienone is 2. The second-order valence-electron chi connectivity index (χ2n) is 6.91. The van der Waals surface area contributed by atoms with Gasteiger partial charge in [-0.1, -0.05) is 29.3 Å². The topological polar surface area (TPSA) is 34.1 Å². The van der Waals surface area contributed by atoms with Crippen molar-refractivity contribution in [2.75, 3.05) is 5.75 Å². The van der Waals surface area contributed by atoms with Gasteiger partial charge in [-0.3, -0.25) is 9.00 Å². The molecule has 0 bridgehead atoms. The molecule has 0 spiro atoms. The van der Waals surface area contributed by atoms with Gasteiger partial charge in [0.25, 0.3) is 0 Å². The molecular formula is C19H24O2S. The van der Waals surface area contributed by atoms with E-state index in [1.54, 1.807) is 0 Å². The summed E-state index contributed by atoms with van der Waals surface area (Å²) in [6.07, 6.45) is 4.57. The summed E-state index contributed by atoms with van der Waals surface area (Å²) in [7, 11) is -1.10. The highest BCUT2D eigenvalue weighted by molar-refractivity contribution is 7.85. The summed E-state index contributed by atoms with van der Waals surface area (Å²) in [4.78, 5) is 13.7. The first-order valence-electron chi connectivity index (χ1n) is 8.15. The van der Waals surface area contributed by atoms with Gasteiger partial charge >= 0.3 is 0 Å². The van der Waals surface area contributed by atoms with E-state index >= 15 is 0 Å². The van der Waals surface area contributed by atoms with E-state index in [0.29, 0.717) is 23.9 Å². The molecule has 0 aromatic heterocycles. The predicted molar refractivity (Wildman–Crippen MR) is 90.1 cm³/mol. The van der Waals surface area contributed by atoms with Crippen LogP contribution in [0.3, 0.4) is 0 Å². The molecule has 1 saturated carbocycles. The van der Waals surface area contributed by atoms with Gasteiger partial charge in [-0.15, -0.1) is 0 Å². The monoisotopic (exact) mass is 316 g/mol. The molecule has 22 heavy (non-hydrogen) atoms. The Morgan fingerprint density at radius 3 is 2.64 bits per heavy atom. The molecule has 3 rings (SSSR count). The van der Waals surface area contributed by atoms with Crippen molar-refractivity contribution in [3.8, 4) is 0 Å². The maximum atomic E-state index is 12.8. The van der Waals surface area contributed by atoms with E-state index in [4.69, 9.17) is 0 Å². The SMILES string of the molecule is CC1=C(C)C[C@@]2(CS(=O)c3ccccc3)C(=O)CCC[C@@H]2C1. The minimum Gasteiger partial charge on any atom is -0.299 e. The van der Waals surface area contributed by atoms with Crippen LogP contribution in [0.1, 0.15) is 46.0 Å². The van der Waals surface area contributed by atoms with Gasteiger partial charge in [0.05, 0.1) is 10.8 Å². The summed E-state index contributed by atoms with van der Waals surface area (Å²) < 4.78 is 12.8. The molecule has 2 nitrogen and oxygen atoms in total. The Hall–Kier alpha value is -1.22. The van der Waals surface area contributed by atoms with Gasteiger partial charge < -0.3 is 0 Å². The van der Waals surface area contributed by atoms with Crippen molar-refractivity contribution in [3.63, 3.8) is 0 Å². The fourth-order valence-corrected chi connectivity index (χ4v) is 5.70. The van der Waals surface area contributed by atoms with E-state index in [1.165, 1.54) is 11.1 Å². The Balaban J connectivity index is 1.93. The lowest BCUT2D eigenvalue weighted by Gasteiger charge is -2.46. The van der Waals surface area contributed by atoms with Crippen molar-refractivity contribution in [1.29, 1.82) is 0 Å². The zero-order chi connectivity index (χ0) is 15.7. The lowest BCUT2D eigenvalue weighted by molar-refractivity contribution is -0.134. The highest BCUT2D eigenvalue weighted by Gasteiger charge is 2.50. The van der Waals surface area contributed by atoms with Crippen molar-refractivity contribution < 1.29 is 9.00 Å². The fraction of sp³-hybridized carbons (Fsp3) is 0.526. The van der Waals surface area contributed by atoms with Crippen LogP contribution < -0.4 is 0 Å². The summed E-state index contributed by atoms with van der Waals surface area (Å²) in [5.74, 6) is 1.22. The first-order valence-corrected chi connectivity index (χ1v) is 9.47. The molecule has 0 amide bonds. The Labute approximate surface area is 135 Å². The van der Waals surface area contributed by atoms with E-state index in [2.05, 4.69) is 13.8 Å². The predicted octanol–water partition coefficient (Wildman–Crippen LogP) is 4.28. The molecule has 3 atom stereocenters. The smallest absolute Gasteiger partial charge is 0.140 e. The van der Waals surface area contributed by atoms with Crippen LogP contribution in [0.25, 0.3) is 0 Å². The number of fused-ring (bicyclic) bond motifs is 1. The van der Waals surface area contributed by atoms with Gasteiger partial charge in [0.15, 0.2) is 0 Å². The summed E-state index contributed by atoms with van der Waals surface area (Å²) in [6, 6.07) is 9.59. The van der Waals surface area contributed by atoms with Crippen molar-refractivity contribution in [2.24, 2.45) is 11.3 Å². The molecule has 0 heterocycles. The Morgan fingerprint density at radius 1 is 1.18 bits per heavy atom. The van der Waals surface area contributed by atoms with Gasteiger partial charge in [-0.05, 0) is 57.6 Å². The Morgan fingerprint density at radius 2 is 1.91 bits per heavy atom. The number of carbonyl (C=O) groups is 1. The third kappa shape index (κ3) is 2.71. The number of ketones is 1. The van der Waals surface area contributed by atoms with Crippen LogP contribution in [-0.4, -0.2) is 15.7 Å². The van der Waals surface area contributed by atoms with E-state index in [9.17, 15) is 9.00 Å². The Bertz CT molecular complexity index is 632. The zero-order valence-electron chi connectivity index (χ0n) is 13.4. The second-order valence-corrected chi connectivity index (χ2v) is 8.36. The summed E-state index contributed by atoms with van der Waals surface area (Å²) in [6.45, 7) is 4.33. The zero-order valence-corrected chi connectivity index (χ0v) is 14.2. The lowest BCUT2D eigenvalue weighted by atomic mass is 9.59. The number of hydrogen-bond donors (Lipinski definition) is 0. The molecule has 2 aliphatic carbocycles. The Kier molecular flexibility index (Phi) is 4.35. The molecule has 3 heteroatoms. The van der Waals surface area contributed by atoms with Gasteiger partial charge in [0.1, 0.15) is 5.78 Å². The van der Waals surface area contributed by atoms with Crippen LogP contribution in [0.15, 0.2) is 46.4 Å². The maximum absolute atomic E-state index is 12.8. The third-order valence-corrected chi connectivity index (χ3v) is 7.13. The van der Waals surface area contributed by atoms with Crippen LogP contribution >= 0.6 is 0 Å². The van der Waals surface area contributed by atoms with Crippen molar-refractivity contribution >= 4 is 16.6 Å². The minimum atomic E-state index is -1.10. The van der Waals surface area contributed by atoms with Crippen molar-refractivity contribution in [3.05, 3.63) is 41.5 Å². The van der Waals surface area contributed by atoms with E-state index in [-0.39, 0.29) is 5.41 Å². The van der Waals surface area contributed by atoms with Crippen molar-refractivity contribution in [1.82, 2.24) is 0 Å². The standard InChI is InChI=1S/C19H24O2S/c1-14-11-16-7-6-10-18(20)19(16,12-15(14)2)13-22(21)17-8-4-3-5-9-17/h3-5,8-9,16H,6-7,10-13H2,1-2H3/t16-,19+,22?/m1/s1. The lowest BCUT2D eigenvalue weighted by Crippen LogP contribution is -2.48. The quantitative estimate of drug-likeness (QED) is 0.780. The number of rotatable bonds is 3. The van der Waals surface area contributed by atoms with Crippen LogP contribution in [0.4, 0.5) is 0 Å². The molecule has 1 aromatic carbocycles. The average Bonchev–Trinajstić information content (AvgIpc) is 2.51. The van der Waals surface area contributed by atoms with Crippen LogP contribution in [-0.2, 0) is 15.6 Å². The second kappa shape index (κ2) is 6.11. The van der Waals surface area contributed by atoms with Crippen LogP contribution in [0.5, 0.6) is 0 Å². The number of Topliss-reactive ketones (excluding diaryl/α,β-unsaturated/α-hetero) is 1. The normalized spacial score (nSPS) is 30.1. The average molecular weight is 316 g/mol. The minimum absolute atomic E-state index is 0.347. The first kappa shape index (κ1) is 15.7. The molecule has 1 aromatic rings. The molecule has 1 unspecified atom stereocenters. The van der Waals surface area contributed by atoms with Crippen molar-refractivity contribution in [2.45, 2.75) is 50.8 Å². The highest BCUT2D eigenvalue weighted by atomic mass is 32.2. The van der Waals surface area contributed by atoms with Crippen LogP contribution in [0.2, 0.25) is 0 Å². The fourth-order valence-electron chi connectivity index (χ4n) is 4.11. The molecule has 1 fully saturated rings. The van der Waals surface area contributed by atoms with E-state index < -0.39 is 10.8 Å². The van der Waals surface area contributed by atoms with Crippen LogP contribution in [0, 0.1) is 11.3 Å².